The third kappa shape index (κ3) is 1.99. The molecule has 2 N–H and O–H groups in total. The SMILES string of the molecule is COC(=O)c1nc2ccc(OC)cc2cc1N. The molecule has 2 rings (SSSR count). The van der Waals surface area contributed by atoms with Gasteiger partial charge in [0.2, 0.25) is 0 Å². The number of ether oxygens (including phenoxy) is 2. The molecule has 2 aromatic rings. The van der Waals surface area contributed by atoms with Gasteiger partial charge in [-0.05, 0) is 24.3 Å². The minimum atomic E-state index is -0.541. The van der Waals surface area contributed by atoms with Crippen LogP contribution in [0.25, 0.3) is 10.9 Å². The first-order chi connectivity index (χ1) is 8.15. The van der Waals surface area contributed by atoms with Crippen LogP contribution in [-0.4, -0.2) is 25.2 Å². The van der Waals surface area contributed by atoms with E-state index < -0.39 is 5.97 Å². The summed E-state index contributed by atoms with van der Waals surface area (Å²) < 4.78 is 9.71. The Kier molecular flexibility index (Phi) is 2.82. The zero-order valence-electron chi connectivity index (χ0n) is 9.56. The van der Waals surface area contributed by atoms with Crippen molar-refractivity contribution >= 4 is 22.6 Å². The van der Waals surface area contributed by atoms with Crippen LogP contribution in [0.1, 0.15) is 10.5 Å². The highest BCUT2D eigenvalue weighted by Gasteiger charge is 2.13. The van der Waals surface area contributed by atoms with Gasteiger partial charge in [-0.1, -0.05) is 0 Å². The lowest BCUT2D eigenvalue weighted by Crippen LogP contribution is -2.08. The molecule has 0 atom stereocenters. The number of carbonyl (C=O) groups is 1. The van der Waals surface area contributed by atoms with Gasteiger partial charge < -0.3 is 15.2 Å². The van der Waals surface area contributed by atoms with E-state index >= 15 is 0 Å². The highest BCUT2D eigenvalue weighted by atomic mass is 16.5. The fraction of sp³-hybridized carbons (Fsp3) is 0.167. The van der Waals surface area contributed by atoms with Crippen LogP contribution in [0.5, 0.6) is 5.75 Å². The van der Waals surface area contributed by atoms with E-state index in [4.69, 9.17) is 10.5 Å². The van der Waals surface area contributed by atoms with Gasteiger partial charge in [0.15, 0.2) is 5.69 Å². The van der Waals surface area contributed by atoms with Gasteiger partial charge >= 0.3 is 5.97 Å². The standard InChI is InChI=1S/C12H12N2O3/c1-16-8-3-4-10-7(5-8)6-9(13)11(14-10)12(15)17-2/h3-6H,13H2,1-2H3. The Morgan fingerprint density at radius 1 is 1.29 bits per heavy atom. The van der Waals surface area contributed by atoms with Gasteiger partial charge in [-0.15, -0.1) is 0 Å². The molecule has 5 nitrogen and oxygen atoms in total. The molecule has 0 saturated heterocycles. The monoisotopic (exact) mass is 232 g/mol. The van der Waals surface area contributed by atoms with Crippen molar-refractivity contribution in [2.45, 2.75) is 0 Å². The van der Waals surface area contributed by atoms with E-state index in [0.29, 0.717) is 11.3 Å². The number of hydrogen-bond acceptors (Lipinski definition) is 5. The van der Waals surface area contributed by atoms with Crippen molar-refractivity contribution in [1.82, 2.24) is 4.98 Å². The largest absolute Gasteiger partial charge is 0.497 e. The highest BCUT2D eigenvalue weighted by molar-refractivity contribution is 5.97. The predicted molar refractivity (Wildman–Crippen MR) is 64.0 cm³/mol. The zero-order chi connectivity index (χ0) is 12.4. The van der Waals surface area contributed by atoms with Crippen LogP contribution < -0.4 is 10.5 Å². The van der Waals surface area contributed by atoms with Gasteiger partial charge in [-0.25, -0.2) is 9.78 Å². The molecule has 0 fully saturated rings. The minimum absolute atomic E-state index is 0.130. The van der Waals surface area contributed by atoms with E-state index in [0.717, 1.165) is 5.39 Å². The van der Waals surface area contributed by atoms with Crippen LogP contribution in [-0.2, 0) is 4.74 Å². The van der Waals surface area contributed by atoms with Gasteiger partial charge in [0, 0.05) is 5.39 Å². The number of methoxy groups -OCH3 is 2. The Morgan fingerprint density at radius 2 is 2.06 bits per heavy atom. The van der Waals surface area contributed by atoms with Gasteiger partial charge in [0.05, 0.1) is 25.4 Å². The molecule has 1 heterocycles. The number of rotatable bonds is 2. The summed E-state index contributed by atoms with van der Waals surface area (Å²) in [5.41, 5.74) is 6.84. The first-order valence-electron chi connectivity index (χ1n) is 4.98. The number of carbonyl (C=O) groups excluding carboxylic acids is 1. The second-order valence-electron chi connectivity index (χ2n) is 3.48. The van der Waals surface area contributed by atoms with E-state index in [1.165, 1.54) is 7.11 Å². The van der Waals surface area contributed by atoms with Crippen LogP contribution in [0, 0.1) is 0 Å². The lowest BCUT2D eigenvalue weighted by atomic mass is 10.1. The van der Waals surface area contributed by atoms with Crippen LogP contribution in [0.4, 0.5) is 5.69 Å². The lowest BCUT2D eigenvalue weighted by molar-refractivity contribution is 0.0596. The molecule has 17 heavy (non-hydrogen) atoms. The predicted octanol–water partition coefficient (Wildman–Crippen LogP) is 1.61. The summed E-state index contributed by atoms with van der Waals surface area (Å²) in [5.74, 6) is 0.171. The molecule has 1 aromatic heterocycles. The van der Waals surface area contributed by atoms with Crippen molar-refractivity contribution in [3.63, 3.8) is 0 Å². The number of aromatic nitrogens is 1. The van der Waals surface area contributed by atoms with Crippen molar-refractivity contribution in [2.24, 2.45) is 0 Å². The van der Waals surface area contributed by atoms with Crippen LogP contribution in [0.2, 0.25) is 0 Å². The van der Waals surface area contributed by atoms with Crippen LogP contribution >= 0.6 is 0 Å². The maximum absolute atomic E-state index is 11.4. The summed E-state index contributed by atoms with van der Waals surface area (Å²) >= 11 is 0. The maximum atomic E-state index is 11.4. The number of esters is 1. The lowest BCUT2D eigenvalue weighted by Gasteiger charge is -2.06. The third-order valence-electron chi connectivity index (χ3n) is 2.43. The molecule has 5 heteroatoms. The maximum Gasteiger partial charge on any atom is 0.358 e. The fourth-order valence-electron chi connectivity index (χ4n) is 1.56. The van der Waals surface area contributed by atoms with E-state index in [1.54, 1.807) is 31.4 Å². The number of nitrogens with two attached hydrogens (primary N) is 1. The summed E-state index contributed by atoms with van der Waals surface area (Å²) in [6.45, 7) is 0. The molecule has 0 aliphatic carbocycles. The Morgan fingerprint density at radius 3 is 2.71 bits per heavy atom. The first-order valence-corrected chi connectivity index (χ1v) is 4.98. The average molecular weight is 232 g/mol. The number of nitrogen functional groups attached to an aromatic ring is 1. The summed E-state index contributed by atoms with van der Waals surface area (Å²) in [5, 5.41) is 0.814. The highest BCUT2D eigenvalue weighted by Crippen LogP contribution is 2.23. The fourth-order valence-corrected chi connectivity index (χ4v) is 1.56. The smallest absolute Gasteiger partial charge is 0.358 e. The summed E-state index contributed by atoms with van der Waals surface area (Å²) in [4.78, 5) is 15.6. The molecular formula is C12H12N2O3. The number of hydrogen-bond donors (Lipinski definition) is 1. The average Bonchev–Trinajstić information content (AvgIpc) is 2.36. The second-order valence-corrected chi connectivity index (χ2v) is 3.48. The van der Waals surface area contributed by atoms with Gasteiger partial charge in [0.1, 0.15) is 5.75 Å². The number of benzene rings is 1. The van der Waals surface area contributed by atoms with E-state index in [2.05, 4.69) is 9.72 Å². The van der Waals surface area contributed by atoms with Crippen molar-refractivity contribution < 1.29 is 14.3 Å². The van der Waals surface area contributed by atoms with Crippen molar-refractivity contribution in [2.75, 3.05) is 20.0 Å². The summed E-state index contributed by atoms with van der Waals surface area (Å²) in [7, 11) is 2.88. The normalized spacial score (nSPS) is 10.2. The third-order valence-corrected chi connectivity index (χ3v) is 2.43. The van der Waals surface area contributed by atoms with Crippen molar-refractivity contribution in [3.8, 4) is 5.75 Å². The molecule has 0 bridgehead atoms. The Hall–Kier alpha value is -2.30. The topological polar surface area (TPSA) is 74.4 Å². The number of fused-ring (bicyclic) bond motifs is 1. The number of anilines is 1. The Balaban J connectivity index is 2.62. The van der Waals surface area contributed by atoms with E-state index in [-0.39, 0.29) is 11.4 Å². The number of nitrogens with zero attached hydrogens (tertiary/aromatic N) is 1. The number of pyridine rings is 1. The Labute approximate surface area is 98.2 Å². The molecule has 0 amide bonds. The molecule has 0 radical (unpaired) electrons. The van der Waals surface area contributed by atoms with Crippen LogP contribution in [0.3, 0.4) is 0 Å². The molecule has 0 saturated carbocycles. The van der Waals surface area contributed by atoms with Crippen LogP contribution in [0.15, 0.2) is 24.3 Å². The summed E-state index contributed by atoms with van der Waals surface area (Å²) in [6.07, 6.45) is 0. The van der Waals surface area contributed by atoms with Gasteiger partial charge in [-0.3, -0.25) is 0 Å². The minimum Gasteiger partial charge on any atom is -0.497 e. The van der Waals surface area contributed by atoms with E-state index in [1.807, 2.05) is 0 Å². The van der Waals surface area contributed by atoms with Gasteiger partial charge in [-0.2, -0.15) is 0 Å². The van der Waals surface area contributed by atoms with Gasteiger partial charge in [0.25, 0.3) is 0 Å². The molecule has 0 unspecified atom stereocenters. The molecule has 0 aliphatic rings. The van der Waals surface area contributed by atoms with Crippen molar-refractivity contribution in [3.05, 3.63) is 30.0 Å². The summed E-state index contributed by atoms with van der Waals surface area (Å²) in [6, 6.07) is 7.02. The molecule has 0 aliphatic heterocycles. The van der Waals surface area contributed by atoms with Crippen molar-refractivity contribution in [1.29, 1.82) is 0 Å². The van der Waals surface area contributed by atoms with E-state index in [9.17, 15) is 4.79 Å². The molecule has 88 valence electrons. The first kappa shape index (κ1) is 11.2. The molecular weight excluding hydrogens is 220 g/mol. The zero-order valence-corrected chi connectivity index (χ0v) is 9.56. The second kappa shape index (κ2) is 4.29. The molecule has 0 spiro atoms. The molecule has 1 aromatic carbocycles. The Bertz CT molecular complexity index is 581. The quantitative estimate of drug-likeness (QED) is 0.796.